The SMILES string of the molecule is CCCc1nccn1Cc1nc(C)cc(Cl)n1. The zero-order chi connectivity index (χ0) is 12.3. The molecule has 5 heteroatoms. The molecule has 2 heterocycles. The quantitative estimate of drug-likeness (QED) is 0.784. The van der Waals surface area contributed by atoms with Crippen molar-refractivity contribution in [3.05, 3.63) is 41.0 Å². The molecule has 0 aliphatic rings. The largest absolute Gasteiger partial charge is 0.327 e. The van der Waals surface area contributed by atoms with Crippen molar-refractivity contribution in [1.82, 2.24) is 19.5 Å². The highest BCUT2D eigenvalue weighted by Gasteiger charge is 2.05. The van der Waals surface area contributed by atoms with Crippen LogP contribution in [0.25, 0.3) is 0 Å². The van der Waals surface area contributed by atoms with E-state index in [9.17, 15) is 0 Å². The van der Waals surface area contributed by atoms with Crippen molar-refractivity contribution in [2.75, 3.05) is 0 Å². The van der Waals surface area contributed by atoms with Gasteiger partial charge in [0.2, 0.25) is 0 Å². The molecule has 0 unspecified atom stereocenters. The average molecular weight is 251 g/mol. The third kappa shape index (κ3) is 3.03. The Kier molecular flexibility index (Phi) is 3.74. The van der Waals surface area contributed by atoms with E-state index < -0.39 is 0 Å². The maximum Gasteiger partial charge on any atom is 0.150 e. The fraction of sp³-hybridized carbons (Fsp3) is 0.417. The van der Waals surface area contributed by atoms with Gasteiger partial charge in [-0.25, -0.2) is 15.0 Å². The van der Waals surface area contributed by atoms with E-state index in [-0.39, 0.29) is 0 Å². The minimum Gasteiger partial charge on any atom is -0.327 e. The van der Waals surface area contributed by atoms with E-state index >= 15 is 0 Å². The third-order valence-corrected chi connectivity index (χ3v) is 2.65. The summed E-state index contributed by atoms with van der Waals surface area (Å²) in [7, 11) is 0. The summed E-state index contributed by atoms with van der Waals surface area (Å²) in [4.78, 5) is 12.9. The molecule has 90 valence electrons. The lowest BCUT2D eigenvalue weighted by Gasteiger charge is -2.07. The zero-order valence-corrected chi connectivity index (χ0v) is 10.8. The van der Waals surface area contributed by atoms with Crippen LogP contribution in [0.5, 0.6) is 0 Å². The van der Waals surface area contributed by atoms with Gasteiger partial charge in [0.25, 0.3) is 0 Å². The maximum atomic E-state index is 5.92. The molecule has 0 amide bonds. The Balaban J connectivity index is 2.22. The van der Waals surface area contributed by atoms with Gasteiger partial charge in [0.15, 0.2) is 0 Å². The molecule has 0 radical (unpaired) electrons. The highest BCUT2D eigenvalue weighted by Crippen LogP contribution is 2.09. The van der Waals surface area contributed by atoms with Crippen LogP contribution in [0.3, 0.4) is 0 Å². The molecule has 0 fully saturated rings. The van der Waals surface area contributed by atoms with Gasteiger partial charge in [-0.1, -0.05) is 18.5 Å². The lowest BCUT2D eigenvalue weighted by molar-refractivity contribution is 0.675. The van der Waals surface area contributed by atoms with Gasteiger partial charge in [-0.05, 0) is 19.4 Å². The van der Waals surface area contributed by atoms with E-state index in [0.29, 0.717) is 11.7 Å². The molecule has 0 aliphatic carbocycles. The number of hydrogen-bond acceptors (Lipinski definition) is 3. The molecule has 17 heavy (non-hydrogen) atoms. The summed E-state index contributed by atoms with van der Waals surface area (Å²) < 4.78 is 2.06. The summed E-state index contributed by atoms with van der Waals surface area (Å²) in [6.07, 6.45) is 5.80. The zero-order valence-electron chi connectivity index (χ0n) is 10.0. The molecule has 0 aliphatic heterocycles. The van der Waals surface area contributed by atoms with Crippen LogP contribution in [0.1, 0.15) is 30.7 Å². The van der Waals surface area contributed by atoms with Crippen LogP contribution in [0, 0.1) is 6.92 Å². The first-order valence-corrected chi connectivity index (χ1v) is 6.07. The topological polar surface area (TPSA) is 43.6 Å². The molecule has 0 saturated heterocycles. The molecule has 2 aromatic rings. The highest BCUT2D eigenvalue weighted by atomic mass is 35.5. The Morgan fingerprint density at radius 3 is 2.88 bits per heavy atom. The number of nitrogens with zero attached hydrogens (tertiary/aromatic N) is 4. The molecule has 0 N–H and O–H groups in total. The first-order chi connectivity index (χ1) is 8.19. The highest BCUT2D eigenvalue weighted by molar-refractivity contribution is 6.29. The van der Waals surface area contributed by atoms with Gasteiger partial charge in [0.05, 0.1) is 6.54 Å². The maximum absolute atomic E-state index is 5.92. The Bertz CT molecular complexity index is 487. The van der Waals surface area contributed by atoms with Gasteiger partial charge in [-0.15, -0.1) is 0 Å². The molecule has 4 nitrogen and oxygen atoms in total. The summed E-state index contributed by atoms with van der Waals surface area (Å²) in [5.74, 6) is 1.79. The molecule has 0 bridgehead atoms. The lowest BCUT2D eigenvalue weighted by Crippen LogP contribution is -2.08. The van der Waals surface area contributed by atoms with Crippen molar-refractivity contribution in [1.29, 1.82) is 0 Å². The van der Waals surface area contributed by atoms with Crippen LogP contribution in [-0.2, 0) is 13.0 Å². The van der Waals surface area contributed by atoms with Crippen LogP contribution in [0.2, 0.25) is 5.15 Å². The van der Waals surface area contributed by atoms with Crippen LogP contribution in [0.4, 0.5) is 0 Å². The van der Waals surface area contributed by atoms with Gasteiger partial charge < -0.3 is 4.57 Å². The second-order valence-electron chi connectivity index (χ2n) is 3.97. The van der Waals surface area contributed by atoms with Crippen LogP contribution < -0.4 is 0 Å². The minimum absolute atomic E-state index is 0.490. The summed E-state index contributed by atoms with van der Waals surface area (Å²) in [6, 6.07) is 1.76. The van der Waals surface area contributed by atoms with Crippen LogP contribution >= 0.6 is 11.6 Å². The molecular formula is C12H15ClN4. The number of hydrogen-bond donors (Lipinski definition) is 0. The molecule has 0 aromatic carbocycles. The normalized spacial score (nSPS) is 10.8. The summed E-state index contributed by atoms with van der Waals surface area (Å²) in [5.41, 5.74) is 0.886. The second-order valence-corrected chi connectivity index (χ2v) is 4.36. The Morgan fingerprint density at radius 1 is 1.35 bits per heavy atom. The van der Waals surface area contributed by atoms with E-state index in [4.69, 9.17) is 11.6 Å². The molecule has 2 aromatic heterocycles. The first kappa shape index (κ1) is 12.0. The lowest BCUT2D eigenvalue weighted by atomic mass is 10.3. The van der Waals surface area contributed by atoms with E-state index in [1.165, 1.54) is 0 Å². The number of imidazole rings is 1. The molecule has 2 rings (SSSR count). The Labute approximate surface area is 106 Å². The summed E-state index contributed by atoms with van der Waals surface area (Å²) in [6.45, 7) is 4.67. The monoisotopic (exact) mass is 250 g/mol. The molecule has 0 saturated carbocycles. The smallest absolute Gasteiger partial charge is 0.150 e. The van der Waals surface area contributed by atoms with Gasteiger partial charge in [0, 0.05) is 24.5 Å². The van der Waals surface area contributed by atoms with E-state index in [1.54, 1.807) is 6.07 Å². The minimum atomic E-state index is 0.490. The first-order valence-electron chi connectivity index (χ1n) is 5.69. The van der Waals surface area contributed by atoms with E-state index in [1.807, 2.05) is 19.3 Å². The average Bonchev–Trinajstić information content (AvgIpc) is 2.65. The molecule has 0 atom stereocenters. The van der Waals surface area contributed by atoms with Crippen LogP contribution in [-0.4, -0.2) is 19.5 Å². The fourth-order valence-electron chi connectivity index (χ4n) is 1.75. The summed E-state index contributed by atoms with van der Waals surface area (Å²) >= 11 is 5.92. The van der Waals surface area contributed by atoms with Gasteiger partial charge >= 0.3 is 0 Å². The van der Waals surface area contributed by atoms with Crippen molar-refractivity contribution in [2.45, 2.75) is 33.2 Å². The van der Waals surface area contributed by atoms with Crippen molar-refractivity contribution >= 4 is 11.6 Å². The molecule has 0 spiro atoms. The number of aromatic nitrogens is 4. The number of halogens is 1. The predicted molar refractivity (Wildman–Crippen MR) is 67.1 cm³/mol. The van der Waals surface area contributed by atoms with Gasteiger partial charge in [-0.3, -0.25) is 0 Å². The third-order valence-electron chi connectivity index (χ3n) is 2.46. The van der Waals surface area contributed by atoms with Crippen molar-refractivity contribution < 1.29 is 0 Å². The van der Waals surface area contributed by atoms with Crippen molar-refractivity contribution in [3.8, 4) is 0 Å². The van der Waals surface area contributed by atoms with Gasteiger partial charge in [-0.2, -0.15) is 0 Å². The Hall–Kier alpha value is -1.42. The standard InChI is InChI=1S/C12H15ClN4/c1-3-4-12-14-5-6-17(12)8-11-15-9(2)7-10(13)16-11/h5-7H,3-4,8H2,1-2H3. The second kappa shape index (κ2) is 5.27. The van der Waals surface area contributed by atoms with Crippen LogP contribution in [0.15, 0.2) is 18.5 Å². The fourth-order valence-corrected chi connectivity index (χ4v) is 2.00. The number of aryl methyl sites for hydroxylation is 2. The predicted octanol–water partition coefficient (Wildman–Crippen LogP) is 2.64. The summed E-state index contributed by atoms with van der Waals surface area (Å²) in [5, 5.41) is 0.490. The van der Waals surface area contributed by atoms with Crippen molar-refractivity contribution in [2.24, 2.45) is 0 Å². The van der Waals surface area contributed by atoms with Gasteiger partial charge in [0.1, 0.15) is 16.8 Å². The van der Waals surface area contributed by atoms with E-state index in [0.717, 1.165) is 30.2 Å². The van der Waals surface area contributed by atoms with E-state index in [2.05, 4.69) is 26.4 Å². The van der Waals surface area contributed by atoms with Crippen molar-refractivity contribution in [3.63, 3.8) is 0 Å². The molecular weight excluding hydrogens is 236 g/mol. The number of rotatable bonds is 4. The Morgan fingerprint density at radius 2 is 2.18 bits per heavy atom.